The maximum absolute atomic E-state index is 12.3. The number of fused-ring (bicyclic) bond motifs is 1. The highest BCUT2D eigenvalue weighted by Gasteiger charge is 2.42. The standard InChI is InChI=1S/C12H15BrN2OS.ClH/c13-11-4-3-10(17-11)12(16)15-5-7-1-2-9(14)8(7)6-15;/h3-4,7-9H,1-2,5-6,14H2;1H. The molecule has 2 N–H and O–H groups in total. The highest BCUT2D eigenvalue weighted by atomic mass is 79.9. The predicted octanol–water partition coefficient (Wildman–Crippen LogP) is 2.74. The maximum atomic E-state index is 12.3. The summed E-state index contributed by atoms with van der Waals surface area (Å²) in [6.45, 7) is 1.74. The van der Waals surface area contributed by atoms with Gasteiger partial charge in [-0.05, 0) is 52.7 Å². The summed E-state index contributed by atoms with van der Waals surface area (Å²) >= 11 is 4.90. The Hall–Kier alpha value is -0.100. The molecule has 0 spiro atoms. The first kappa shape index (κ1) is 14.3. The lowest BCUT2D eigenvalue weighted by atomic mass is 9.98. The van der Waals surface area contributed by atoms with Gasteiger partial charge in [0.05, 0.1) is 8.66 Å². The number of carbonyl (C=O) groups excluding carboxylic acids is 1. The Labute approximate surface area is 125 Å². The van der Waals surface area contributed by atoms with E-state index < -0.39 is 0 Å². The summed E-state index contributed by atoms with van der Waals surface area (Å²) < 4.78 is 1.01. The van der Waals surface area contributed by atoms with Crippen LogP contribution in [0.5, 0.6) is 0 Å². The zero-order valence-corrected chi connectivity index (χ0v) is 13.1. The Kier molecular flexibility index (Phi) is 4.36. The number of amides is 1. The molecule has 3 rings (SSSR count). The highest BCUT2D eigenvalue weighted by Crippen LogP contribution is 2.38. The molecule has 6 heteroatoms. The van der Waals surface area contributed by atoms with Gasteiger partial charge in [-0.1, -0.05) is 0 Å². The molecule has 1 saturated heterocycles. The van der Waals surface area contributed by atoms with Crippen LogP contribution in [-0.2, 0) is 0 Å². The third-order valence-corrected chi connectivity index (χ3v) is 5.60. The molecule has 3 nitrogen and oxygen atoms in total. The summed E-state index contributed by atoms with van der Waals surface area (Å²) in [6.07, 6.45) is 2.31. The summed E-state index contributed by atoms with van der Waals surface area (Å²) in [5.74, 6) is 1.34. The van der Waals surface area contributed by atoms with Crippen LogP contribution in [0.3, 0.4) is 0 Å². The molecule has 100 valence electrons. The van der Waals surface area contributed by atoms with Crippen molar-refractivity contribution in [2.24, 2.45) is 17.6 Å². The molecule has 1 aromatic rings. The second-order valence-corrected chi connectivity index (χ2v) is 7.44. The first-order valence-electron chi connectivity index (χ1n) is 5.95. The van der Waals surface area contributed by atoms with Crippen LogP contribution in [0.1, 0.15) is 22.5 Å². The van der Waals surface area contributed by atoms with Crippen LogP contribution in [0, 0.1) is 11.8 Å². The van der Waals surface area contributed by atoms with Gasteiger partial charge in [-0.3, -0.25) is 4.79 Å². The molecule has 3 atom stereocenters. The third-order valence-electron chi connectivity index (χ3n) is 3.98. The van der Waals surface area contributed by atoms with Crippen molar-refractivity contribution in [3.8, 4) is 0 Å². The van der Waals surface area contributed by atoms with Crippen LogP contribution in [0.15, 0.2) is 15.9 Å². The van der Waals surface area contributed by atoms with E-state index in [-0.39, 0.29) is 18.3 Å². The highest BCUT2D eigenvalue weighted by molar-refractivity contribution is 9.11. The van der Waals surface area contributed by atoms with Gasteiger partial charge in [-0.15, -0.1) is 23.7 Å². The molecule has 1 amide bonds. The molecule has 2 fully saturated rings. The lowest BCUT2D eigenvalue weighted by molar-refractivity contribution is 0.0784. The second kappa shape index (κ2) is 5.49. The van der Waals surface area contributed by atoms with Crippen LogP contribution >= 0.6 is 39.7 Å². The second-order valence-electron chi connectivity index (χ2n) is 4.98. The van der Waals surface area contributed by atoms with Crippen molar-refractivity contribution in [1.82, 2.24) is 4.90 Å². The molecule has 2 aliphatic rings. The topological polar surface area (TPSA) is 46.3 Å². The average Bonchev–Trinajstić information content (AvgIpc) is 2.96. The fraction of sp³-hybridized carbons (Fsp3) is 0.583. The minimum absolute atomic E-state index is 0. The predicted molar refractivity (Wildman–Crippen MR) is 79.4 cm³/mol. The van der Waals surface area contributed by atoms with Gasteiger partial charge in [-0.2, -0.15) is 0 Å². The number of halogens is 2. The number of hydrogen-bond donors (Lipinski definition) is 1. The summed E-state index contributed by atoms with van der Waals surface area (Å²) in [5.41, 5.74) is 6.08. The Morgan fingerprint density at radius 1 is 1.39 bits per heavy atom. The lowest BCUT2D eigenvalue weighted by Crippen LogP contribution is -2.33. The number of carbonyl (C=O) groups is 1. The fourth-order valence-electron chi connectivity index (χ4n) is 3.06. The van der Waals surface area contributed by atoms with Crippen molar-refractivity contribution < 1.29 is 4.79 Å². The molecule has 1 aromatic heterocycles. The molecule has 0 aromatic carbocycles. The Morgan fingerprint density at radius 3 is 2.78 bits per heavy atom. The fourth-order valence-corrected chi connectivity index (χ4v) is 4.41. The van der Waals surface area contributed by atoms with Gasteiger partial charge in [0.15, 0.2) is 0 Å². The third kappa shape index (κ3) is 2.46. The Bertz CT molecular complexity index is 453. The van der Waals surface area contributed by atoms with Crippen LogP contribution < -0.4 is 5.73 Å². The first-order chi connectivity index (χ1) is 8.15. The zero-order chi connectivity index (χ0) is 12.0. The molecular weight excluding hydrogens is 336 g/mol. The normalized spacial score (nSPS) is 30.1. The summed E-state index contributed by atoms with van der Waals surface area (Å²) in [7, 11) is 0. The number of rotatable bonds is 1. The van der Waals surface area contributed by atoms with Gasteiger partial charge in [0.1, 0.15) is 0 Å². The van der Waals surface area contributed by atoms with E-state index in [4.69, 9.17) is 5.73 Å². The summed E-state index contributed by atoms with van der Waals surface area (Å²) in [5, 5.41) is 0. The molecule has 18 heavy (non-hydrogen) atoms. The monoisotopic (exact) mass is 350 g/mol. The largest absolute Gasteiger partial charge is 0.337 e. The minimum Gasteiger partial charge on any atom is -0.337 e. The van der Waals surface area contributed by atoms with Crippen LogP contribution in [0.2, 0.25) is 0 Å². The molecule has 1 aliphatic carbocycles. The Balaban J connectivity index is 0.00000120. The van der Waals surface area contributed by atoms with Crippen LogP contribution in [-0.4, -0.2) is 29.9 Å². The van der Waals surface area contributed by atoms with E-state index in [2.05, 4.69) is 15.9 Å². The maximum Gasteiger partial charge on any atom is 0.263 e. The number of nitrogens with zero attached hydrogens (tertiary/aromatic N) is 1. The number of likely N-dealkylation sites (tertiary alicyclic amines) is 1. The van der Waals surface area contributed by atoms with Crippen LogP contribution in [0.25, 0.3) is 0 Å². The van der Waals surface area contributed by atoms with E-state index in [1.165, 1.54) is 17.8 Å². The first-order valence-corrected chi connectivity index (χ1v) is 7.56. The quantitative estimate of drug-likeness (QED) is 0.845. The van der Waals surface area contributed by atoms with Gasteiger partial charge in [0.25, 0.3) is 5.91 Å². The number of hydrogen-bond acceptors (Lipinski definition) is 3. The van der Waals surface area contributed by atoms with Gasteiger partial charge < -0.3 is 10.6 Å². The molecule has 3 unspecified atom stereocenters. The van der Waals surface area contributed by atoms with Gasteiger partial charge in [-0.25, -0.2) is 0 Å². The molecule has 1 saturated carbocycles. The van der Waals surface area contributed by atoms with E-state index in [9.17, 15) is 4.79 Å². The van der Waals surface area contributed by atoms with Crippen molar-refractivity contribution >= 4 is 45.6 Å². The number of nitrogens with two attached hydrogens (primary N) is 1. The van der Waals surface area contributed by atoms with E-state index in [1.54, 1.807) is 0 Å². The zero-order valence-electron chi connectivity index (χ0n) is 9.84. The molecule has 0 radical (unpaired) electrons. The van der Waals surface area contributed by atoms with Gasteiger partial charge >= 0.3 is 0 Å². The van der Waals surface area contributed by atoms with Gasteiger partial charge in [0.2, 0.25) is 0 Å². The molecule has 1 aliphatic heterocycles. The van der Waals surface area contributed by atoms with E-state index >= 15 is 0 Å². The molecule has 0 bridgehead atoms. The number of thiophene rings is 1. The minimum atomic E-state index is 0. The van der Waals surface area contributed by atoms with E-state index in [1.807, 2.05) is 17.0 Å². The van der Waals surface area contributed by atoms with Crippen LogP contribution in [0.4, 0.5) is 0 Å². The molecule has 2 heterocycles. The van der Waals surface area contributed by atoms with Crippen molar-refractivity contribution in [1.29, 1.82) is 0 Å². The lowest BCUT2D eigenvalue weighted by Gasteiger charge is -2.17. The van der Waals surface area contributed by atoms with Crippen molar-refractivity contribution in [2.45, 2.75) is 18.9 Å². The van der Waals surface area contributed by atoms with E-state index in [0.717, 1.165) is 28.2 Å². The summed E-state index contributed by atoms with van der Waals surface area (Å²) in [4.78, 5) is 15.1. The van der Waals surface area contributed by atoms with Crippen molar-refractivity contribution in [3.63, 3.8) is 0 Å². The molecular formula is C12H16BrClN2OS. The van der Waals surface area contributed by atoms with Crippen molar-refractivity contribution in [3.05, 3.63) is 20.8 Å². The van der Waals surface area contributed by atoms with Crippen molar-refractivity contribution in [2.75, 3.05) is 13.1 Å². The van der Waals surface area contributed by atoms with E-state index in [0.29, 0.717) is 17.9 Å². The average molecular weight is 352 g/mol. The van der Waals surface area contributed by atoms with Gasteiger partial charge in [0, 0.05) is 19.1 Å². The summed E-state index contributed by atoms with van der Waals surface area (Å²) in [6, 6.07) is 4.12. The SMILES string of the molecule is Cl.NC1CCC2CN(C(=O)c3ccc(Br)s3)CC12. The Morgan fingerprint density at radius 2 is 2.17 bits per heavy atom. The smallest absolute Gasteiger partial charge is 0.263 e.